The lowest BCUT2D eigenvalue weighted by atomic mass is 10.3. The molecule has 2 rings (SSSR count). The number of amides is 1. The van der Waals surface area contributed by atoms with Crippen molar-refractivity contribution in [3.05, 3.63) is 16.3 Å². The van der Waals surface area contributed by atoms with E-state index in [1.54, 1.807) is 14.1 Å². The lowest BCUT2D eigenvalue weighted by molar-refractivity contribution is -0.385. The fraction of sp³-hybridized carbons (Fsp3) is 0.600. The molecule has 1 aliphatic carbocycles. The SMILES string of the molecule is COc1nn([C@@H]2C[C@H]2C(=O)N(C)C)cc1[N+](=O)[O-]. The van der Waals surface area contributed by atoms with Gasteiger partial charge in [-0.15, -0.1) is 5.10 Å². The Labute approximate surface area is 103 Å². The van der Waals surface area contributed by atoms with Crippen molar-refractivity contribution in [1.82, 2.24) is 14.7 Å². The molecule has 1 aromatic rings. The molecule has 1 aliphatic rings. The van der Waals surface area contributed by atoms with E-state index in [4.69, 9.17) is 4.74 Å². The topological polar surface area (TPSA) is 90.5 Å². The molecule has 0 spiro atoms. The summed E-state index contributed by atoms with van der Waals surface area (Å²) in [6.45, 7) is 0. The van der Waals surface area contributed by atoms with Crippen molar-refractivity contribution in [3.8, 4) is 5.88 Å². The van der Waals surface area contributed by atoms with Crippen molar-refractivity contribution in [2.24, 2.45) is 5.92 Å². The number of aromatic nitrogens is 2. The first-order chi connectivity index (χ1) is 8.45. The highest BCUT2D eigenvalue weighted by atomic mass is 16.6. The standard InChI is InChI=1S/C10H14N4O4/c1-12(2)10(15)6-4-7(6)13-5-8(14(16)17)9(11-13)18-3/h5-7H,4H2,1-3H3/t6-,7-/m1/s1. The number of nitro groups is 1. The second-order valence-corrected chi connectivity index (χ2v) is 4.40. The Morgan fingerprint density at radius 1 is 1.67 bits per heavy atom. The molecule has 1 amide bonds. The molecule has 0 saturated heterocycles. The molecule has 8 nitrogen and oxygen atoms in total. The van der Waals surface area contributed by atoms with Crippen molar-refractivity contribution in [1.29, 1.82) is 0 Å². The van der Waals surface area contributed by atoms with Gasteiger partial charge in [0.25, 0.3) is 0 Å². The Hall–Kier alpha value is -2.12. The average Bonchev–Trinajstić information content (AvgIpc) is 2.99. The van der Waals surface area contributed by atoms with Crippen LogP contribution in [0.4, 0.5) is 5.69 Å². The zero-order chi connectivity index (χ0) is 13.4. The van der Waals surface area contributed by atoms with Gasteiger partial charge in [-0.1, -0.05) is 0 Å². The summed E-state index contributed by atoms with van der Waals surface area (Å²) in [6.07, 6.45) is 1.96. The van der Waals surface area contributed by atoms with Crippen LogP contribution in [0, 0.1) is 16.0 Å². The van der Waals surface area contributed by atoms with Gasteiger partial charge in [-0.05, 0) is 6.42 Å². The predicted molar refractivity (Wildman–Crippen MR) is 61.3 cm³/mol. The molecule has 98 valence electrons. The molecule has 0 unspecified atom stereocenters. The minimum absolute atomic E-state index is 0.0112. The number of nitrogens with zero attached hydrogens (tertiary/aromatic N) is 4. The number of hydrogen-bond acceptors (Lipinski definition) is 5. The van der Waals surface area contributed by atoms with Gasteiger partial charge in [0.2, 0.25) is 5.91 Å². The highest BCUT2D eigenvalue weighted by Crippen LogP contribution is 2.45. The van der Waals surface area contributed by atoms with Crippen LogP contribution in [0.3, 0.4) is 0 Å². The van der Waals surface area contributed by atoms with Crippen LogP contribution in [-0.4, -0.2) is 46.7 Å². The van der Waals surface area contributed by atoms with Crippen LogP contribution in [0.15, 0.2) is 6.20 Å². The number of carbonyl (C=O) groups is 1. The molecule has 1 fully saturated rings. The van der Waals surface area contributed by atoms with E-state index in [1.165, 1.54) is 22.9 Å². The van der Waals surface area contributed by atoms with Crippen molar-refractivity contribution in [3.63, 3.8) is 0 Å². The van der Waals surface area contributed by atoms with E-state index < -0.39 is 4.92 Å². The summed E-state index contributed by atoms with van der Waals surface area (Å²) in [7, 11) is 4.70. The Balaban J connectivity index is 2.17. The number of ether oxygens (including phenoxy) is 1. The van der Waals surface area contributed by atoms with Gasteiger partial charge in [0, 0.05) is 14.1 Å². The summed E-state index contributed by atoms with van der Waals surface area (Å²) >= 11 is 0. The molecule has 0 radical (unpaired) electrons. The molecule has 8 heteroatoms. The molecule has 1 saturated carbocycles. The minimum Gasteiger partial charge on any atom is -0.475 e. The van der Waals surface area contributed by atoms with E-state index in [0.717, 1.165) is 0 Å². The molecule has 18 heavy (non-hydrogen) atoms. The van der Waals surface area contributed by atoms with Crippen LogP contribution in [0.2, 0.25) is 0 Å². The molecule has 1 heterocycles. The van der Waals surface area contributed by atoms with E-state index in [0.29, 0.717) is 6.42 Å². The van der Waals surface area contributed by atoms with Gasteiger partial charge < -0.3 is 9.64 Å². The van der Waals surface area contributed by atoms with E-state index in [2.05, 4.69) is 5.10 Å². The highest BCUT2D eigenvalue weighted by molar-refractivity contribution is 5.81. The Kier molecular flexibility index (Phi) is 2.93. The summed E-state index contributed by atoms with van der Waals surface area (Å²) in [4.78, 5) is 23.4. The molecular weight excluding hydrogens is 240 g/mol. The van der Waals surface area contributed by atoms with Gasteiger partial charge in [0.15, 0.2) is 0 Å². The zero-order valence-corrected chi connectivity index (χ0v) is 10.4. The van der Waals surface area contributed by atoms with Crippen LogP contribution in [0.5, 0.6) is 5.88 Å². The summed E-state index contributed by atoms with van der Waals surface area (Å²) in [5.41, 5.74) is -0.180. The van der Waals surface area contributed by atoms with Crippen LogP contribution in [0.1, 0.15) is 12.5 Å². The van der Waals surface area contributed by atoms with Crippen LogP contribution < -0.4 is 4.74 Å². The summed E-state index contributed by atoms with van der Waals surface area (Å²) in [5, 5.41) is 14.7. The van der Waals surface area contributed by atoms with Crippen LogP contribution in [-0.2, 0) is 4.79 Å². The highest BCUT2D eigenvalue weighted by Gasteiger charge is 2.46. The number of methoxy groups -OCH3 is 1. The molecule has 0 aromatic carbocycles. The maximum atomic E-state index is 11.7. The molecule has 2 atom stereocenters. The van der Waals surface area contributed by atoms with Gasteiger partial charge >= 0.3 is 11.6 Å². The Morgan fingerprint density at radius 2 is 2.33 bits per heavy atom. The first kappa shape index (κ1) is 12.3. The third-order valence-corrected chi connectivity index (χ3v) is 2.92. The second kappa shape index (κ2) is 4.28. The molecule has 0 aliphatic heterocycles. The fourth-order valence-corrected chi connectivity index (χ4v) is 1.88. The third kappa shape index (κ3) is 2.01. The van der Waals surface area contributed by atoms with Gasteiger partial charge in [-0.3, -0.25) is 19.6 Å². The normalized spacial score (nSPS) is 21.5. The van der Waals surface area contributed by atoms with Gasteiger partial charge in [0.05, 0.1) is 24.0 Å². The Bertz CT molecular complexity index is 496. The quantitative estimate of drug-likeness (QED) is 0.574. The van der Waals surface area contributed by atoms with E-state index >= 15 is 0 Å². The summed E-state index contributed by atoms with van der Waals surface area (Å²) < 4.78 is 6.29. The largest absolute Gasteiger partial charge is 0.475 e. The van der Waals surface area contributed by atoms with Gasteiger partial charge in [-0.25, -0.2) is 0 Å². The van der Waals surface area contributed by atoms with Crippen molar-refractivity contribution >= 4 is 11.6 Å². The van der Waals surface area contributed by atoms with Crippen LogP contribution >= 0.6 is 0 Å². The fourth-order valence-electron chi connectivity index (χ4n) is 1.88. The zero-order valence-electron chi connectivity index (χ0n) is 10.4. The van der Waals surface area contributed by atoms with Gasteiger partial charge in [0.1, 0.15) is 6.20 Å². The monoisotopic (exact) mass is 254 g/mol. The van der Waals surface area contributed by atoms with Crippen LogP contribution in [0.25, 0.3) is 0 Å². The van der Waals surface area contributed by atoms with Crippen molar-refractivity contribution < 1.29 is 14.5 Å². The lowest BCUT2D eigenvalue weighted by Crippen LogP contribution is -2.24. The molecular formula is C10H14N4O4. The van der Waals surface area contributed by atoms with E-state index in [-0.39, 0.29) is 29.4 Å². The first-order valence-electron chi connectivity index (χ1n) is 5.44. The maximum absolute atomic E-state index is 11.7. The number of carbonyl (C=O) groups excluding carboxylic acids is 1. The van der Waals surface area contributed by atoms with E-state index in [9.17, 15) is 14.9 Å². The first-order valence-corrected chi connectivity index (χ1v) is 5.44. The third-order valence-electron chi connectivity index (χ3n) is 2.92. The van der Waals surface area contributed by atoms with E-state index in [1.807, 2.05) is 0 Å². The smallest absolute Gasteiger partial charge is 0.350 e. The lowest BCUT2D eigenvalue weighted by Gasteiger charge is -2.09. The summed E-state index contributed by atoms with van der Waals surface area (Å²) in [5.74, 6) is -0.163. The number of rotatable bonds is 4. The van der Waals surface area contributed by atoms with Crippen molar-refractivity contribution in [2.75, 3.05) is 21.2 Å². The van der Waals surface area contributed by atoms with Crippen molar-refractivity contribution in [2.45, 2.75) is 12.5 Å². The molecule has 1 aromatic heterocycles. The number of hydrogen-bond donors (Lipinski definition) is 0. The predicted octanol–water partition coefficient (Wildman–Crippen LogP) is 0.449. The minimum atomic E-state index is -0.548. The second-order valence-electron chi connectivity index (χ2n) is 4.40. The molecule has 0 bridgehead atoms. The molecule has 0 N–H and O–H groups in total. The maximum Gasteiger partial charge on any atom is 0.350 e. The summed E-state index contributed by atoms with van der Waals surface area (Å²) in [6, 6.07) is -0.109. The Morgan fingerprint density at radius 3 is 2.78 bits per heavy atom. The average molecular weight is 254 g/mol. The van der Waals surface area contributed by atoms with Gasteiger partial charge in [-0.2, -0.15) is 0 Å².